The fourth-order valence-corrected chi connectivity index (χ4v) is 4.60. The van der Waals surface area contributed by atoms with Crippen LogP contribution in [0.1, 0.15) is 26.7 Å². The summed E-state index contributed by atoms with van der Waals surface area (Å²) in [4.78, 5) is 26.8. The Morgan fingerprint density at radius 1 is 1.16 bits per heavy atom. The van der Waals surface area contributed by atoms with E-state index in [1.54, 1.807) is 55.3 Å². The van der Waals surface area contributed by atoms with Crippen LogP contribution in [-0.2, 0) is 19.6 Å². The average Bonchev–Trinajstić information content (AvgIpc) is 3.15. The summed E-state index contributed by atoms with van der Waals surface area (Å²) in [5.74, 6) is -0.208. The van der Waals surface area contributed by atoms with E-state index in [0.717, 1.165) is 0 Å². The summed E-state index contributed by atoms with van der Waals surface area (Å²) in [5, 5.41) is 2.77. The first kappa shape index (κ1) is 22.8. The van der Waals surface area contributed by atoms with Crippen LogP contribution >= 0.6 is 0 Å². The van der Waals surface area contributed by atoms with E-state index in [1.165, 1.54) is 12.1 Å². The molecular formula is C22H27N3O5S. The summed E-state index contributed by atoms with van der Waals surface area (Å²) < 4.78 is 32.4. The lowest BCUT2D eigenvalue weighted by Gasteiger charge is -2.17. The van der Waals surface area contributed by atoms with Crippen LogP contribution in [0.4, 0.5) is 11.4 Å². The Morgan fingerprint density at radius 3 is 2.39 bits per heavy atom. The third-order valence-electron chi connectivity index (χ3n) is 5.28. The van der Waals surface area contributed by atoms with Gasteiger partial charge in [-0.3, -0.25) is 9.59 Å². The minimum absolute atomic E-state index is 0.114. The van der Waals surface area contributed by atoms with Crippen molar-refractivity contribution in [3.63, 3.8) is 0 Å². The van der Waals surface area contributed by atoms with Crippen LogP contribution < -0.4 is 19.7 Å². The molecule has 2 N–H and O–H groups in total. The molecule has 0 bridgehead atoms. The van der Waals surface area contributed by atoms with Crippen LogP contribution in [0.15, 0.2) is 53.4 Å². The van der Waals surface area contributed by atoms with Crippen molar-refractivity contribution < 1.29 is 22.7 Å². The molecule has 1 heterocycles. The van der Waals surface area contributed by atoms with E-state index in [-0.39, 0.29) is 35.7 Å². The Labute approximate surface area is 182 Å². The molecule has 1 fully saturated rings. The van der Waals surface area contributed by atoms with Crippen molar-refractivity contribution in [2.75, 3.05) is 23.9 Å². The number of anilines is 2. The number of hydrogen-bond acceptors (Lipinski definition) is 5. The molecule has 0 spiro atoms. The Balaban J connectivity index is 1.63. The molecule has 0 unspecified atom stereocenters. The zero-order valence-corrected chi connectivity index (χ0v) is 18.6. The molecule has 1 saturated heterocycles. The summed E-state index contributed by atoms with van der Waals surface area (Å²) >= 11 is 0. The molecule has 0 radical (unpaired) electrons. The van der Waals surface area contributed by atoms with Gasteiger partial charge in [-0.05, 0) is 61.9 Å². The average molecular weight is 446 g/mol. The van der Waals surface area contributed by atoms with Gasteiger partial charge in [-0.25, -0.2) is 13.1 Å². The normalized spacial score (nSPS) is 17.5. The molecule has 9 heteroatoms. The highest BCUT2D eigenvalue weighted by Crippen LogP contribution is 2.27. The lowest BCUT2D eigenvalue weighted by molar-refractivity contribution is -0.122. The Morgan fingerprint density at radius 2 is 1.81 bits per heavy atom. The van der Waals surface area contributed by atoms with E-state index >= 15 is 0 Å². The van der Waals surface area contributed by atoms with E-state index in [2.05, 4.69) is 10.0 Å². The third kappa shape index (κ3) is 5.42. The molecule has 2 amide bonds. The highest BCUT2D eigenvalue weighted by atomic mass is 32.2. The number of carbonyl (C=O) groups is 2. The molecule has 1 aliphatic rings. The largest absolute Gasteiger partial charge is 0.497 e. The quantitative estimate of drug-likeness (QED) is 0.650. The van der Waals surface area contributed by atoms with Gasteiger partial charge in [-0.1, -0.05) is 6.92 Å². The molecule has 31 heavy (non-hydrogen) atoms. The van der Waals surface area contributed by atoms with Gasteiger partial charge in [0.1, 0.15) is 5.75 Å². The standard InChI is InChI=1S/C22H27N3O5S/c1-4-15(2)24-31(28,29)20-11-5-17(6-12-20)23-22(27)16-13-21(26)25(14-16)18-7-9-19(30-3)10-8-18/h5-12,15-16,24H,4,13-14H2,1-3H3,(H,23,27)/t15-,16+/m0/s1. The maximum atomic E-state index is 12.7. The van der Waals surface area contributed by atoms with E-state index < -0.39 is 15.9 Å². The van der Waals surface area contributed by atoms with Gasteiger partial charge in [-0.15, -0.1) is 0 Å². The van der Waals surface area contributed by atoms with Crippen LogP contribution in [0.5, 0.6) is 5.75 Å². The number of ether oxygens (including phenoxy) is 1. The molecule has 0 aromatic heterocycles. The van der Waals surface area contributed by atoms with Gasteiger partial charge in [0.15, 0.2) is 0 Å². The number of methoxy groups -OCH3 is 1. The molecule has 0 saturated carbocycles. The first-order chi connectivity index (χ1) is 14.7. The van der Waals surface area contributed by atoms with Crippen LogP contribution in [0.3, 0.4) is 0 Å². The van der Waals surface area contributed by atoms with Crippen LogP contribution in [0.25, 0.3) is 0 Å². The first-order valence-electron chi connectivity index (χ1n) is 10.1. The minimum atomic E-state index is -3.61. The number of carbonyl (C=O) groups excluding carboxylic acids is 2. The van der Waals surface area contributed by atoms with Crippen molar-refractivity contribution in [3.05, 3.63) is 48.5 Å². The Bertz CT molecular complexity index is 1040. The summed E-state index contributed by atoms with van der Waals surface area (Å²) in [7, 11) is -2.04. The molecule has 0 aliphatic carbocycles. The van der Waals surface area contributed by atoms with Crippen molar-refractivity contribution in [2.24, 2.45) is 5.92 Å². The maximum absolute atomic E-state index is 12.7. The number of nitrogens with one attached hydrogen (secondary N) is 2. The van der Waals surface area contributed by atoms with Gasteiger partial charge in [0, 0.05) is 30.4 Å². The molecule has 2 atom stereocenters. The lowest BCUT2D eigenvalue weighted by Crippen LogP contribution is -2.32. The molecular weight excluding hydrogens is 418 g/mol. The van der Waals surface area contributed by atoms with Gasteiger partial charge in [-0.2, -0.15) is 0 Å². The van der Waals surface area contributed by atoms with Crippen molar-refractivity contribution >= 4 is 33.2 Å². The minimum Gasteiger partial charge on any atom is -0.497 e. The van der Waals surface area contributed by atoms with Crippen molar-refractivity contribution in [3.8, 4) is 5.75 Å². The van der Waals surface area contributed by atoms with Gasteiger partial charge < -0.3 is 15.0 Å². The zero-order chi connectivity index (χ0) is 22.6. The van der Waals surface area contributed by atoms with Gasteiger partial charge in [0.2, 0.25) is 21.8 Å². The van der Waals surface area contributed by atoms with E-state index in [0.29, 0.717) is 23.5 Å². The molecule has 166 valence electrons. The number of sulfonamides is 1. The summed E-state index contributed by atoms with van der Waals surface area (Å²) in [6.07, 6.45) is 0.796. The van der Waals surface area contributed by atoms with Crippen LogP contribution in [-0.4, -0.2) is 39.9 Å². The number of hydrogen-bond donors (Lipinski definition) is 2. The van der Waals surface area contributed by atoms with Gasteiger partial charge >= 0.3 is 0 Å². The molecule has 8 nitrogen and oxygen atoms in total. The number of rotatable bonds is 8. The summed E-state index contributed by atoms with van der Waals surface area (Å²) in [5.41, 5.74) is 1.19. The van der Waals surface area contributed by atoms with Crippen molar-refractivity contribution in [1.82, 2.24) is 4.72 Å². The topological polar surface area (TPSA) is 105 Å². The fourth-order valence-electron chi connectivity index (χ4n) is 3.27. The third-order valence-corrected chi connectivity index (χ3v) is 6.89. The predicted octanol–water partition coefficient (Wildman–Crippen LogP) is 2.76. The van der Waals surface area contributed by atoms with E-state index in [9.17, 15) is 18.0 Å². The van der Waals surface area contributed by atoms with E-state index in [1.807, 2.05) is 6.92 Å². The van der Waals surface area contributed by atoms with Crippen LogP contribution in [0, 0.1) is 5.92 Å². The Hall–Kier alpha value is -2.91. The first-order valence-corrected chi connectivity index (χ1v) is 11.6. The summed E-state index contributed by atoms with van der Waals surface area (Å²) in [6.45, 7) is 3.97. The number of benzene rings is 2. The second kappa shape index (κ2) is 9.49. The maximum Gasteiger partial charge on any atom is 0.240 e. The highest BCUT2D eigenvalue weighted by molar-refractivity contribution is 7.89. The van der Waals surface area contributed by atoms with Crippen LogP contribution in [0.2, 0.25) is 0 Å². The number of nitrogens with zero attached hydrogens (tertiary/aromatic N) is 1. The smallest absolute Gasteiger partial charge is 0.240 e. The van der Waals surface area contributed by atoms with Gasteiger partial charge in [0.25, 0.3) is 0 Å². The molecule has 2 aromatic rings. The van der Waals surface area contributed by atoms with Crippen molar-refractivity contribution in [1.29, 1.82) is 0 Å². The predicted molar refractivity (Wildman–Crippen MR) is 119 cm³/mol. The second-order valence-corrected chi connectivity index (χ2v) is 9.26. The molecule has 3 rings (SSSR count). The summed E-state index contributed by atoms with van der Waals surface area (Å²) in [6, 6.07) is 12.9. The fraction of sp³-hybridized carbons (Fsp3) is 0.364. The van der Waals surface area contributed by atoms with Gasteiger partial charge in [0.05, 0.1) is 17.9 Å². The lowest BCUT2D eigenvalue weighted by atomic mass is 10.1. The van der Waals surface area contributed by atoms with E-state index in [4.69, 9.17) is 4.74 Å². The number of amides is 2. The highest BCUT2D eigenvalue weighted by Gasteiger charge is 2.35. The Kier molecular flexibility index (Phi) is 6.97. The molecule has 2 aromatic carbocycles. The van der Waals surface area contributed by atoms with Crippen molar-refractivity contribution in [2.45, 2.75) is 37.6 Å². The SMILES string of the molecule is CC[C@H](C)NS(=O)(=O)c1ccc(NC(=O)[C@@H]2CC(=O)N(c3ccc(OC)cc3)C2)cc1. The zero-order valence-electron chi connectivity index (χ0n) is 17.8. The molecule has 1 aliphatic heterocycles. The monoisotopic (exact) mass is 445 g/mol. The second-order valence-electron chi connectivity index (χ2n) is 7.55.